The minimum atomic E-state index is -0.771. The molecule has 1 aliphatic rings. The molecule has 0 unspecified atom stereocenters. The van der Waals surface area contributed by atoms with Crippen LogP contribution < -0.4 is 5.32 Å². The normalized spacial score (nSPS) is 24.8. The van der Waals surface area contributed by atoms with Gasteiger partial charge in [0.15, 0.2) is 0 Å². The van der Waals surface area contributed by atoms with Crippen molar-refractivity contribution in [3.05, 3.63) is 0 Å². The fraction of sp³-hybridized carbons (Fsp3) is 0.941. The van der Waals surface area contributed by atoms with Crippen LogP contribution in [0, 0.1) is 11.8 Å². The lowest BCUT2D eigenvalue weighted by molar-refractivity contribution is -0.160. The molecule has 1 rings (SSSR count). The summed E-state index contributed by atoms with van der Waals surface area (Å²) in [5.74, 6) is 1.59. The number of carbonyl (C=O) groups is 1. The molecule has 0 radical (unpaired) electrons. The van der Waals surface area contributed by atoms with E-state index in [1.165, 1.54) is 12.8 Å². The second-order valence-electron chi connectivity index (χ2n) is 8.05. The van der Waals surface area contributed by atoms with Crippen LogP contribution in [0.25, 0.3) is 0 Å². The fourth-order valence-corrected chi connectivity index (χ4v) is 3.10. The van der Waals surface area contributed by atoms with E-state index in [1.54, 1.807) is 0 Å². The van der Waals surface area contributed by atoms with Crippen molar-refractivity contribution >= 4 is 5.91 Å². The first kappa shape index (κ1) is 17.5. The average molecular weight is 283 g/mol. The molecule has 0 spiro atoms. The molecule has 1 saturated carbocycles. The molecule has 1 aliphatic carbocycles. The van der Waals surface area contributed by atoms with E-state index in [9.17, 15) is 4.79 Å². The van der Waals surface area contributed by atoms with Crippen molar-refractivity contribution < 1.29 is 9.53 Å². The molecule has 0 heterocycles. The summed E-state index contributed by atoms with van der Waals surface area (Å²) in [6.45, 7) is 14.2. The van der Waals surface area contributed by atoms with E-state index in [-0.39, 0.29) is 11.5 Å². The van der Waals surface area contributed by atoms with Gasteiger partial charge in [-0.2, -0.15) is 0 Å². The van der Waals surface area contributed by atoms with Crippen molar-refractivity contribution in [2.24, 2.45) is 11.8 Å². The second-order valence-corrected chi connectivity index (χ2v) is 8.05. The van der Waals surface area contributed by atoms with Crippen LogP contribution in [0.15, 0.2) is 0 Å². The van der Waals surface area contributed by atoms with Crippen LogP contribution >= 0.6 is 0 Å². The molecule has 0 aliphatic heterocycles. The predicted molar refractivity (Wildman–Crippen MR) is 83.6 cm³/mol. The topological polar surface area (TPSA) is 38.3 Å². The average Bonchev–Trinajstić information content (AvgIpc) is 2.26. The molecule has 0 aromatic heterocycles. The van der Waals surface area contributed by atoms with E-state index >= 15 is 0 Å². The second kappa shape index (κ2) is 6.46. The Hall–Kier alpha value is -0.570. The zero-order chi connectivity index (χ0) is 15.6. The van der Waals surface area contributed by atoms with Crippen molar-refractivity contribution in [2.75, 3.05) is 0 Å². The maximum Gasteiger partial charge on any atom is 0.251 e. The van der Waals surface area contributed by atoms with Crippen molar-refractivity contribution in [2.45, 2.75) is 91.4 Å². The van der Waals surface area contributed by atoms with Gasteiger partial charge in [0.05, 0.1) is 5.60 Å². The number of ether oxygens (including phenoxy) is 1. The molecule has 0 bridgehead atoms. The highest BCUT2D eigenvalue weighted by Gasteiger charge is 2.35. The van der Waals surface area contributed by atoms with Gasteiger partial charge in [0.1, 0.15) is 5.60 Å². The van der Waals surface area contributed by atoms with Gasteiger partial charge in [-0.25, -0.2) is 0 Å². The van der Waals surface area contributed by atoms with E-state index in [1.807, 2.05) is 34.6 Å². The van der Waals surface area contributed by atoms with Crippen LogP contribution in [-0.2, 0) is 9.53 Å². The highest BCUT2D eigenvalue weighted by atomic mass is 16.5. The van der Waals surface area contributed by atoms with E-state index in [0.717, 1.165) is 24.7 Å². The van der Waals surface area contributed by atoms with Gasteiger partial charge in [0.25, 0.3) is 5.91 Å². The first-order chi connectivity index (χ1) is 9.01. The Balaban J connectivity index is 2.47. The van der Waals surface area contributed by atoms with Crippen LogP contribution in [0.5, 0.6) is 0 Å². The van der Waals surface area contributed by atoms with Crippen LogP contribution in [0.2, 0.25) is 0 Å². The van der Waals surface area contributed by atoms with Crippen molar-refractivity contribution in [3.63, 3.8) is 0 Å². The summed E-state index contributed by atoms with van der Waals surface area (Å²) in [4.78, 5) is 12.4. The summed E-state index contributed by atoms with van der Waals surface area (Å²) in [5.41, 5.74) is -1.08. The zero-order valence-electron chi connectivity index (χ0n) is 14.4. The first-order valence-corrected chi connectivity index (χ1v) is 8.02. The quantitative estimate of drug-likeness (QED) is 0.849. The number of amides is 1. The van der Waals surface area contributed by atoms with Crippen molar-refractivity contribution in [1.82, 2.24) is 5.32 Å². The maximum absolute atomic E-state index is 12.4. The third-order valence-electron chi connectivity index (χ3n) is 4.16. The molecule has 1 N–H and O–H groups in total. The largest absolute Gasteiger partial charge is 0.360 e. The molecule has 1 fully saturated rings. The molecule has 1 amide bonds. The van der Waals surface area contributed by atoms with E-state index in [2.05, 4.69) is 19.2 Å². The monoisotopic (exact) mass is 283 g/mol. The Morgan fingerprint density at radius 1 is 1.05 bits per heavy atom. The SMILES string of the molecule is CC(C)[C@H]1CC[C@H](NC(=O)C(C)(C)OC(C)(C)C)CC1. The Labute approximate surface area is 124 Å². The molecular formula is C17H33NO2. The summed E-state index contributed by atoms with van der Waals surface area (Å²) in [5, 5.41) is 3.18. The number of nitrogens with one attached hydrogen (secondary N) is 1. The summed E-state index contributed by atoms with van der Waals surface area (Å²) >= 11 is 0. The van der Waals surface area contributed by atoms with Gasteiger partial charge < -0.3 is 10.1 Å². The van der Waals surface area contributed by atoms with Gasteiger partial charge in [0.2, 0.25) is 0 Å². The zero-order valence-corrected chi connectivity index (χ0v) is 14.4. The summed E-state index contributed by atoms with van der Waals surface area (Å²) in [6, 6.07) is 0.320. The molecule has 3 nitrogen and oxygen atoms in total. The van der Waals surface area contributed by atoms with Gasteiger partial charge in [-0.15, -0.1) is 0 Å². The Morgan fingerprint density at radius 3 is 1.95 bits per heavy atom. The van der Waals surface area contributed by atoms with Gasteiger partial charge >= 0.3 is 0 Å². The number of carbonyl (C=O) groups excluding carboxylic acids is 1. The summed E-state index contributed by atoms with van der Waals surface area (Å²) in [6.07, 6.45) is 4.65. The molecular weight excluding hydrogens is 250 g/mol. The van der Waals surface area contributed by atoms with Crippen LogP contribution in [0.4, 0.5) is 0 Å². The molecule has 0 aromatic carbocycles. The van der Waals surface area contributed by atoms with E-state index < -0.39 is 5.60 Å². The van der Waals surface area contributed by atoms with Crippen LogP contribution in [0.3, 0.4) is 0 Å². The molecule has 20 heavy (non-hydrogen) atoms. The lowest BCUT2D eigenvalue weighted by Crippen LogP contribution is -2.51. The van der Waals surface area contributed by atoms with Crippen LogP contribution in [-0.4, -0.2) is 23.2 Å². The Morgan fingerprint density at radius 2 is 1.55 bits per heavy atom. The van der Waals surface area contributed by atoms with Gasteiger partial charge in [-0.3, -0.25) is 4.79 Å². The standard InChI is InChI=1S/C17H33NO2/c1-12(2)13-8-10-14(11-9-13)18-15(19)17(6,7)20-16(3,4)5/h12-14H,8-11H2,1-7H3,(H,18,19)/t13-,14-. The highest BCUT2D eigenvalue weighted by Crippen LogP contribution is 2.30. The Kier molecular flexibility index (Phi) is 5.65. The number of hydrogen-bond acceptors (Lipinski definition) is 2. The molecule has 0 aromatic rings. The lowest BCUT2D eigenvalue weighted by Gasteiger charge is -2.36. The van der Waals surface area contributed by atoms with E-state index in [4.69, 9.17) is 4.74 Å². The first-order valence-electron chi connectivity index (χ1n) is 8.02. The number of rotatable bonds is 4. The third-order valence-corrected chi connectivity index (χ3v) is 4.16. The predicted octanol–water partition coefficient (Wildman–Crippen LogP) is 3.91. The minimum Gasteiger partial charge on any atom is -0.360 e. The van der Waals surface area contributed by atoms with Crippen molar-refractivity contribution in [1.29, 1.82) is 0 Å². The van der Waals surface area contributed by atoms with E-state index in [0.29, 0.717) is 6.04 Å². The molecule has 3 heteroatoms. The number of hydrogen-bond donors (Lipinski definition) is 1. The molecule has 0 saturated heterocycles. The van der Waals surface area contributed by atoms with Crippen LogP contribution in [0.1, 0.15) is 74.1 Å². The Bertz CT molecular complexity index is 320. The summed E-state index contributed by atoms with van der Waals surface area (Å²) in [7, 11) is 0. The minimum absolute atomic E-state index is 0.0143. The van der Waals surface area contributed by atoms with Gasteiger partial charge in [-0.1, -0.05) is 13.8 Å². The highest BCUT2D eigenvalue weighted by molar-refractivity contribution is 5.84. The van der Waals surface area contributed by atoms with Crippen molar-refractivity contribution in [3.8, 4) is 0 Å². The maximum atomic E-state index is 12.4. The van der Waals surface area contributed by atoms with Gasteiger partial charge in [0, 0.05) is 6.04 Å². The molecule has 118 valence electrons. The smallest absolute Gasteiger partial charge is 0.251 e. The van der Waals surface area contributed by atoms with Gasteiger partial charge in [-0.05, 0) is 72.1 Å². The molecule has 0 atom stereocenters. The fourth-order valence-electron chi connectivity index (χ4n) is 3.10. The third kappa shape index (κ3) is 5.43. The summed E-state index contributed by atoms with van der Waals surface area (Å²) < 4.78 is 5.88. The lowest BCUT2D eigenvalue weighted by atomic mass is 9.79.